The Bertz CT molecular complexity index is 193. The van der Waals surface area contributed by atoms with Gasteiger partial charge in [-0.15, -0.1) is 0 Å². The maximum absolute atomic E-state index is 5.88. The van der Waals surface area contributed by atoms with Gasteiger partial charge in [0.25, 0.3) is 0 Å². The molecule has 1 fully saturated rings. The van der Waals surface area contributed by atoms with Crippen molar-refractivity contribution in [1.29, 1.82) is 0 Å². The van der Waals surface area contributed by atoms with E-state index in [2.05, 4.69) is 24.5 Å². The smallest absolute Gasteiger partial charge is 0.0990 e. The molecule has 0 aromatic rings. The average molecular weight is 272 g/mol. The van der Waals surface area contributed by atoms with E-state index in [4.69, 9.17) is 4.74 Å². The Balaban J connectivity index is 2.13. The van der Waals surface area contributed by atoms with Gasteiger partial charge < -0.3 is 4.74 Å². The number of hydrogen-bond donors (Lipinski definition) is 0. The van der Waals surface area contributed by atoms with E-state index in [1.54, 1.807) is 0 Å². The predicted octanol–water partition coefficient (Wildman–Crippen LogP) is 4.35. The molecular weight excluding hydrogens is 238 g/mol. The van der Waals surface area contributed by atoms with E-state index in [-0.39, 0.29) is 0 Å². The molecule has 0 N–H and O–H groups in total. The quantitative estimate of drug-likeness (QED) is 0.544. The number of rotatable bonds is 5. The largest absolute Gasteiger partial charge is 0.366 e. The molecule has 0 saturated carbocycles. The highest BCUT2D eigenvalue weighted by molar-refractivity contribution is 6.76. The van der Waals surface area contributed by atoms with Crippen LogP contribution in [0.3, 0.4) is 0 Å². The highest BCUT2D eigenvalue weighted by atomic mass is 28.3. The van der Waals surface area contributed by atoms with Crippen LogP contribution >= 0.6 is 0 Å². The molecule has 1 rings (SSSR count). The Morgan fingerprint density at radius 1 is 0.833 bits per heavy atom. The summed E-state index contributed by atoms with van der Waals surface area (Å²) in [5, 5.41) is 0. The zero-order valence-electron chi connectivity index (χ0n) is 12.8. The molecule has 0 aromatic carbocycles. The van der Waals surface area contributed by atoms with E-state index in [1.807, 2.05) is 0 Å². The first-order valence-electron chi connectivity index (χ1n) is 7.88. The summed E-state index contributed by atoms with van der Waals surface area (Å²) in [7, 11) is -0.920. The SMILES string of the molecule is C[Si](C)(C)CCOCN1CCCCCCCCC1. The van der Waals surface area contributed by atoms with Gasteiger partial charge in [0.05, 0.1) is 6.73 Å². The van der Waals surface area contributed by atoms with Crippen molar-refractivity contribution in [2.75, 3.05) is 26.4 Å². The lowest BCUT2D eigenvalue weighted by Crippen LogP contribution is -2.30. The molecular formula is C15H33NOSi. The Morgan fingerprint density at radius 2 is 1.33 bits per heavy atom. The van der Waals surface area contributed by atoms with Crippen LogP contribution in [-0.2, 0) is 4.74 Å². The van der Waals surface area contributed by atoms with Crippen molar-refractivity contribution in [3.63, 3.8) is 0 Å². The van der Waals surface area contributed by atoms with E-state index < -0.39 is 8.07 Å². The van der Waals surface area contributed by atoms with Crippen LogP contribution < -0.4 is 0 Å². The highest BCUT2D eigenvalue weighted by Crippen LogP contribution is 2.12. The van der Waals surface area contributed by atoms with Crippen molar-refractivity contribution >= 4 is 8.07 Å². The Hall–Kier alpha value is 0.137. The van der Waals surface area contributed by atoms with Crippen LogP contribution in [0.15, 0.2) is 0 Å². The molecule has 0 bridgehead atoms. The first kappa shape index (κ1) is 16.2. The molecule has 108 valence electrons. The van der Waals surface area contributed by atoms with Gasteiger partial charge in [-0.25, -0.2) is 0 Å². The number of hydrogen-bond acceptors (Lipinski definition) is 2. The maximum atomic E-state index is 5.88. The van der Waals surface area contributed by atoms with Crippen LogP contribution in [-0.4, -0.2) is 39.4 Å². The Kier molecular flexibility index (Phi) is 8.19. The first-order valence-corrected chi connectivity index (χ1v) is 11.6. The topological polar surface area (TPSA) is 12.5 Å². The second kappa shape index (κ2) is 9.11. The molecule has 0 radical (unpaired) electrons. The van der Waals surface area contributed by atoms with Gasteiger partial charge in [0.1, 0.15) is 0 Å². The van der Waals surface area contributed by atoms with Gasteiger partial charge in [0.15, 0.2) is 0 Å². The molecule has 0 aromatic heterocycles. The molecule has 1 saturated heterocycles. The second-order valence-corrected chi connectivity index (χ2v) is 12.6. The fourth-order valence-electron chi connectivity index (χ4n) is 2.37. The summed E-state index contributed by atoms with van der Waals surface area (Å²) >= 11 is 0. The third-order valence-electron chi connectivity index (χ3n) is 3.72. The molecule has 0 aliphatic carbocycles. The van der Waals surface area contributed by atoms with Crippen molar-refractivity contribution in [2.24, 2.45) is 0 Å². The zero-order chi connectivity index (χ0) is 13.3. The molecule has 0 spiro atoms. The van der Waals surface area contributed by atoms with Gasteiger partial charge in [0.2, 0.25) is 0 Å². The van der Waals surface area contributed by atoms with Gasteiger partial charge >= 0.3 is 0 Å². The highest BCUT2D eigenvalue weighted by Gasteiger charge is 2.13. The second-order valence-electron chi connectivity index (χ2n) is 6.94. The minimum absolute atomic E-state index is 0.866. The Morgan fingerprint density at radius 3 is 1.83 bits per heavy atom. The lowest BCUT2D eigenvalue weighted by Gasteiger charge is -2.24. The summed E-state index contributed by atoms with van der Waals surface area (Å²) < 4.78 is 5.88. The number of nitrogens with zero attached hydrogens (tertiary/aromatic N) is 1. The Labute approximate surface area is 115 Å². The van der Waals surface area contributed by atoms with Gasteiger partial charge in [0, 0.05) is 27.8 Å². The van der Waals surface area contributed by atoms with Gasteiger partial charge in [-0.05, 0) is 18.9 Å². The molecule has 0 amide bonds. The predicted molar refractivity (Wildman–Crippen MR) is 82.9 cm³/mol. The average Bonchev–Trinajstić information content (AvgIpc) is 2.31. The molecule has 1 heterocycles. The molecule has 0 unspecified atom stereocenters. The van der Waals surface area contributed by atoms with E-state index >= 15 is 0 Å². The zero-order valence-corrected chi connectivity index (χ0v) is 13.8. The summed E-state index contributed by atoms with van der Waals surface area (Å²) in [5.41, 5.74) is 0. The van der Waals surface area contributed by atoms with Gasteiger partial charge in [-0.3, -0.25) is 4.90 Å². The van der Waals surface area contributed by atoms with Crippen molar-refractivity contribution in [2.45, 2.75) is 70.6 Å². The fraction of sp³-hybridized carbons (Fsp3) is 1.00. The summed E-state index contributed by atoms with van der Waals surface area (Å²) in [4.78, 5) is 2.52. The third-order valence-corrected chi connectivity index (χ3v) is 5.42. The molecule has 1 aliphatic rings. The summed E-state index contributed by atoms with van der Waals surface area (Å²) in [5.74, 6) is 0. The van der Waals surface area contributed by atoms with Crippen molar-refractivity contribution in [3.8, 4) is 0 Å². The summed E-state index contributed by atoms with van der Waals surface area (Å²) in [6, 6.07) is 1.29. The lowest BCUT2D eigenvalue weighted by atomic mass is 10.1. The monoisotopic (exact) mass is 271 g/mol. The van der Waals surface area contributed by atoms with Crippen LogP contribution in [0.25, 0.3) is 0 Å². The summed E-state index contributed by atoms with van der Waals surface area (Å²) in [6.07, 6.45) is 9.85. The first-order chi connectivity index (χ1) is 8.58. The van der Waals surface area contributed by atoms with E-state index in [9.17, 15) is 0 Å². The van der Waals surface area contributed by atoms with Crippen molar-refractivity contribution < 1.29 is 4.74 Å². The molecule has 1 aliphatic heterocycles. The van der Waals surface area contributed by atoms with Crippen molar-refractivity contribution in [1.82, 2.24) is 4.90 Å². The van der Waals surface area contributed by atoms with Crippen LogP contribution in [0.4, 0.5) is 0 Å². The van der Waals surface area contributed by atoms with E-state index in [0.29, 0.717) is 0 Å². The third kappa shape index (κ3) is 9.12. The van der Waals surface area contributed by atoms with Crippen LogP contribution in [0.5, 0.6) is 0 Å². The summed E-state index contributed by atoms with van der Waals surface area (Å²) in [6.45, 7) is 11.6. The lowest BCUT2D eigenvalue weighted by molar-refractivity contribution is 0.0325. The minimum Gasteiger partial charge on any atom is -0.366 e. The van der Waals surface area contributed by atoms with Crippen LogP contribution in [0, 0.1) is 0 Å². The molecule has 2 nitrogen and oxygen atoms in total. The number of ether oxygens (including phenoxy) is 1. The van der Waals surface area contributed by atoms with Gasteiger partial charge in [-0.1, -0.05) is 51.7 Å². The normalized spacial score (nSPS) is 20.8. The standard InChI is InChI=1S/C15H33NOSi/c1-18(2,3)14-13-17-15-16-11-9-7-5-4-6-8-10-12-16/h4-15H2,1-3H3. The van der Waals surface area contributed by atoms with E-state index in [1.165, 1.54) is 64.1 Å². The molecule has 0 atom stereocenters. The molecule has 3 heteroatoms. The van der Waals surface area contributed by atoms with Crippen LogP contribution in [0.2, 0.25) is 25.7 Å². The maximum Gasteiger partial charge on any atom is 0.0990 e. The van der Waals surface area contributed by atoms with E-state index in [0.717, 1.165) is 13.3 Å². The van der Waals surface area contributed by atoms with Crippen molar-refractivity contribution in [3.05, 3.63) is 0 Å². The molecule has 18 heavy (non-hydrogen) atoms. The fourth-order valence-corrected chi connectivity index (χ4v) is 3.12. The van der Waals surface area contributed by atoms with Crippen LogP contribution in [0.1, 0.15) is 44.9 Å². The minimum atomic E-state index is -0.920. The van der Waals surface area contributed by atoms with Gasteiger partial charge in [-0.2, -0.15) is 0 Å².